The molecular formula is C20H19NO4S. The topological polar surface area (TPSA) is 83.5 Å². The van der Waals surface area contributed by atoms with Gasteiger partial charge in [-0.1, -0.05) is 54.6 Å². The van der Waals surface area contributed by atoms with Gasteiger partial charge in [-0.05, 0) is 40.5 Å². The average Bonchev–Trinajstić information content (AvgIpc) is 2.62. The molecule has 0 spiro atoms. The third-order valence-corrected chi connectivity index (χ3v) is 5.57. The number of benzene rings is 3. The van der Waals surface area contributed by atoms with Gasteiger partial charge in [-0.25, -0.2) is 13.1 Å². The van der Waals surface area contributed by atoms with Gasteiger partial charge in [-0.2, -0.15) is 0 Å². The standard InChI is InChI=1S/C20H19NO4S/c22-20(23)13-16-7-5-15(6-8-16)11-12-21-26(24,25)19-10-9-17-3-1-2-4-18(17)14-19/h1-10,14,21H,11-13H2,(H,22,23). The summed E-state index contributed by atoms with van der Waals surface area (Å²) in [7, 11) is -3.57. The second kappa shape index (κ2) is 7.68. The molecule has 0 aliphatic rings. The summed E-state index contributed by atoms with van der Waals surface area (Å²) in [5.74, 6) is -0.874. The van der Waals surface area contributed by atoms with Gasteiger partial charge in [0.2, 0.25) is 10.0 Å². The molecule has 0 saturated heterocycles. The number of carboxylic acids is 1. The Bertz CT molecular complexity index is 1030. The van der Waals surface area contributed by atoms with Gasteiger partial charge in [-0.15, -0.1) is 0 Å². The van der Waals surface area contributed by atoms with Crippen LogP contribution in [0.4, 0.5) is 0 Å². The maximum atomic E-state index is 12.5. The Morgan fingerprint density at radius 1 is 0.885 bits per heavy atom. The fraction of sp³-hybridized carbons (Fsp3) is 0.150. The van der Waals surface area contributed by atoms with Gasteiger partial charge in [0.05, 0.1) is 11.3 Å². The first-order chi connectivity index (χ1) is 12.4. The van der Waals surface area contributed by atoms with Crippen molar-refractivity contribution in [1.82, 2.24) is 4.72 Å². The summed E-state index contributed by atoms with van der Waals surface area (Å²) < 4.78 is 27.5. The molecule has 0 bridgehead atoms. The first-order valence-corrected chi connectivity index (χ1v) is 9.70. The summed E-state index contributed by atoms with van der Waals surface area (Å²) in [4.78, 5) is 10.9. The summed E-state index contributed by atoms with van der Waals surface area (Å²) in [6.45, 7) is 0.271. The van der Waals surface area contributed by atoms with Crippen LogP contribution in [0.3, 0.4) is 0 Å². The summed E-state index contributed by atoms with van der Waals surface area (Å²) in [5, 5.41) is 10.6. The molecule has 0 fully saturated rings. The van der Waals surface area contributed by atoms with E-state index in [2.05, 4.69) is 4.72 Å². The van der Waals surface area contributed by atoms with Crippen LogP contribution >= 0.6 is 0 Å². The minimum absolute atomic E-state index is 0.0190. The first-order valence-electron chi connectivity index (χ1n) is 8.22. The molecule has 0 heterocycles. The van der Waals surface area contributed by atoms with Crippen LogP contribution in [0.15, 0.2) is 71.6 Å². The van der Waals surface area contributed by atoms with Crippen LogP contribution in [0, 0.1) is 0 Å². The van der Waals surface area contributed by atoms with E-state index < -0.39 is 16.0 Å². The monoisotopic (exact) mass is 369 g/mol. The van der Waals surface area contributed by atoms with Crippen molar-refractivity contribution < 1.29 is 18.3 Å². The lowest BCUT2D eigenvalue weighted by atomic mass is 10.1. The fourth-order valence-electron chi connectivity index (χ4n) is 2.75. The van der Waals surface area contributed by atoms with E-state index in [9.17, 15) is 13.2 Å². The number of nitrogens with one attached hydrogen (secondary N) is 1. The molecule has 26 heavy (non-hydrogen) atoms. The predicted molar refractivity (Wildman–Crippen MR) is 101 cm³/mol. The fourth-order valence-corrected chi connectivity index (χ4v) is 3.81. The van der Waals surface area contributed by atoms with Crippen molar-refractivity contribution in [2.75, 3.05) is 6.54 Å². The zero-order valence-electron chi connectivity index (χ0n) is 14.1. The molecule has 0 radical (unpaired) electrons. The Labute approximate surface area is 152 Å². The maximum Gasteiger partial charge on any atom is 0.307 e. The SMILES string of the molecule is O=C(O)Cc1ccc(CCNS(=O)(=O)c2ccc3ccccc3c2)cc1. The van der Waals surface area contributed by atoms with Crippen LogP contribution in [0.5, 0.6) is 0 Å². The van der Waals surface area contributed by atoms with Gasteiger partial charge >= 0.3 is 5.97 Å². The van der Waals surface area contributed by atoms with Crippen molar-refractivity contribution in [3.05, 3.63) is 77.9 Å². The minimum Gasteiger partial charge on any atom is -0.481 e. The molecule has 5 nitrogen and oxygen atoms in total. The molecule has 0 aromatic heterocycles. The number of hydrogen-bond donors (Lipinski definition) is 2. The van der Waals surface area contributed by atoms with Gasteiger partial charge in [0.25, 0.3) is 0 Å². The smallest absolute Gasteiger partial charge is 0.307 e. The zero-order chi connectivity index (χ0) is 18.6. The van der Waals surface area contributed by atoms with Gasteiger partial charge in [0.15, 0.2) is 0 Å². The molecule has 2 N–H and O–H groups in total. The van der Waals surface area contributed by atoms with Crippen LogP contribution in [-0.4, -0.2) is 26.0 Å². The Morgan fingerprint density at radius 3 is 2.23 bits per heavy atom. The molecule has 6 heteroatoms. The van der Waals surface area contributed by atoms with Crippen molar-refractivity contribution >= 4 is 26.8 Å². The molecule has 3 aromatic rings. The molecule has 0 amide bonds. The van der Waals surface area contributed by atoms with Crippen LogP contribution in [0.25, 0.3) is 10.8 Å². The van der Waals surface area contributed by atoms with Crippen molar-refractivity contribution in [3.63, 3.8) is 0 Å². The molecule has 3 aromatic carbocycles. The summed E-state index contributed by atoms with van der Waals surface area (Å²) in [5.41, 5.74) is 1.67. The zero-order valence-corrected chi connectivity index (χ0v) is 14.9. The predicted octanol–water partition coefficient (Wildman–Crippen LogP) is 2.99. The van der Waals surface area contributed by atoms with Gasteiger partial charge in [0.1, 0.15) is 0 Å². The number of hydrogen-bond acceptors (Lipinski definition) is 3. The highest BCUT2D eigenvalue weighted by Crippen LogP contribution is 2.18. The number of carboxylic acid groups (broad SMARTS) is 1. The second-order valence-electron chi connectivity index (χ2n) is 6.04. The molecule has 0 saturated carbocycles. The quantitative estimate of drug-likeness (QED) is 0.671. The van der Waals surface area contributed by atoms with Gasteiger partial charge < -0.3 is 5.11 Å². The Hall–Kier alpha value is -2.70. The van der Waals surface area contributed by atoms with Gasteiger partial charge in [-0.3, -0.25) is 4.79 Å². The largest absolute Gasteiger partial charge is 0.481 e. The maximum absolute atomic E-state index is 12.5. The molecule has 134 valence electrons. The number of fused-ring (bicyclic) bond motifs is 1. The third kappa shape index (κ3) is 4.47. The van der Waals surface area contributed by atoms with E-state index in [-0.39, 0.29) is 17.9 Å². The molecule has 0 atom stereocenters. The van der Waals surface area contributed by atoms with E-state index in [1.807, 2.05) is 36.4 Å². The molecule has 0 aliphatic heterocycles. The highest BCUT2D eigenvalue weighted by molar-refractivity contribution is 7.89. The normalized spacial score (nSPS) is 11.5. The van der Waals surface area contributed by atoms with Crippen LogP contribution in [-0.2, 0) is 27.7 Å². The van der Waals surface area contributed by atoms with E-state index in [1.54, 1.807) is 30.3 Å². The van der Waals surface area contributed by atoms with Crippen LogP contribution in [0.1, 0.15) is 11.1 Å². The number of aliphatic carboxylic acids is 1. The second-order valence-corrected chi connectivity index (χ2v) is 7.81. The van der Waals surface area contributed by atoms with E-state index >= 15 is 0 Å². The minimum atomic E-state index is -3.57. The average molecular weight is 369 g/mol. The van der Waals surface area contributed by atoms with Crippen molar-refractivity contribution in [2.24, 2.45) is 0 Å². The highest BCUT2D eigenvalue weighted by Gasteiger charge is 2.13. The molecular weight excluding hydrogens is 350 g/mol. The first kappa shape index (κ1) is 18.1. The molecule has 0 unspecified atom stereocenters. The van der Waals surface area contributed by atoms with Crippen molar-refractivity contribution in [1.29, 1.82) is 0 Å². The number of rotatable bonds is 7. The highest BCUT2D eigenvalue weighted by atomic mass is 32.2. The Balaban J connectivity index is 1.63. The molecule has 3 rings (SSSR count). The Kier molecular flexibility index (Phi) is 5.35. The lowest BCUT2D eigenvalue weighted by Gasteiger charge is -2.08. The molecule has 0 aliphatic carbocycles. The van der Waals surface area contributed by atoms with Gasteiger partial charge in [0, 0.05) is 6.54 Å². The Morgan fingerprint density at radius 2 is 1.54 bits per heavy atom. The summed E-state index contributed by atoms with van der Waals surface area (Å²) >= 11 is 0. The summed E-state index contributed by atoms with van der Waals surface area (Å²) in [6.07, 6.45) is 0.509. The summed E-state index contributed by atoms with van der Waals surface area (Å²) in [6, 6.07) is 19.8. The number of carbonyl (C=O) groups is 1. The third-order valence-electron chi connectivity index (χ3n) is 4.12. The van der Waals surface area contributed by atoms with Crippen molar-refractivity contribution in [2.45, 2.75) is 17.7 Å². The lowest BCUT2D eigenvalue weighted by molar-refractivity contribution is -0.136. The van der Waals surface area contributed by atoms with Crippen molar-refractivity contribution in [3.8, 4) is 0 Å². The lowest BCUT2D eigenvalue weighted by Crippen LogP contribution is -2.26. The van der Waals surface area contributed by atoms with E-state index in [0.717, 1.165) is 21.9 Å². The van der Waals surface area contributed by atoms with Crippen LogP contribution < -0.4 is 4.72 Å². The van der Waals surface area contributed by atoms with E-state index in [1.165, 1.54) is 0 Å². The van der Waals surface area contributed by atoms with E-state index in [4.69, 9.17) is 5.11 Å². The van der Waals surface area contributed by atoms with E-state index in [0.29, 0.717) is 6.42 Å². The number of sulfonamides is 1. The van der Waals surface area contributed by atoms with Crippen LogP contribution in [0.2, 0.25) is 0 Å².